The molecule has 0 radical (unpaired) electrons. The second-order valence-corrected chi connectivity index (χ2v) is 6.06. The molecule has 2 aromatic rings. The fourth-order valence-corrected chi connectivity index (χ4v) is 3.34. The lowest BCUT2D eigenvalue weighted by Gasteiger charge is -2.13. The summed E-state index contributed by atoms with van der Waals surface area (Å²) in [6, 6.07) is 2.68. The summed E-state index contributed by atoms with van der Waals surface area (Å²) in [6.45, 7) is 8.47. The number of aromatic nitrogens is 2. The molecule has 1 N–H and O–H groups in total. The van der Waals surface area contributed by atoms with Gasteiger partial charge in [-0.1, -0.05) is 20.8 Å². The first-order valence-corrected chi connectivity index (χ1v) is 8.47. The van der Waals surface area contributed by atoms with Crippen LogP contribution in [0.5, 0.6) is 0 Å². The van der Waals surface area contributed by atoms with E-state index in [0.717, 1.165) is 25.9 Å². The molecule has 0 aliphatic rings. The van der Waals surface area contributed by atoms with E-state index in [0.29, 0.717) is 6.04 Å². The predicted molar refractivity (Wildman–Crippen MR) is 86.4 cm³/mol. The van der Waals surface area contributed by atoms with Gasteiger partial charge < -0.3 is 9.88 Å². The van der Waals surface area contributed by atoms with Crippen LogP contribution in [0.2, 0.25) is 0 Å². The molecule has 0 aliphatic carbocycles. The van der Waals surface area contributed by atoms with Gasteiger partial charge in [-0.15, -0.1) is 11.3 Å². The van der Waals surface area contributed by atoms with Gasteiger partial charge in [0.1, 0.15) is 0 Å². The number of nitrogens with zero attached hydrogens (tertiary/aromatic N) is 2. The van der Waals surface area contributed by atoms with Crippen molar-refractivity contribution < 1.29 is 0 Å². The highest BCUT2D eigenvalue weighted by Crippen LogP contribution is 2.18. The Labute approximate surface area is 126 Å². The van der Waals surface area contributed by atoms with Crippen molar-refractivity contribution in [2.45, 2.75) is 52.6 Å². The monoisotopic (exact) mass is 291 g/mol. The smallest absolute Gasteiger partial charge is 0.0928 e. The van der Waals surface area contributed by atoms with E-state index in [9.17, 15) is 0 Å². The maximum atomic E-state index is 4.69. The Balaban J connectivity index is 2.01. The Bertz CT molecular complexity index is 515. The fourth-order valence-electron chi connectivity index (χ4n) is 2.45. The maximum Gasteiger partial charge on any atom is 0.0928 e. The van der Waals surface area contributed by atoms with Gasteiger partial charge in [-0.3, -0.25) is 0 Å². The van der Waals surface area contributed by atoms with Crippen molar-refractivity contribution in [2.24, 2.45) is 0 Å². The average molecular weight is 291 g/mol. The molecule has 4 heteroatoms. The first-order valence-electron chi connectivity index (χ1n) is 7.59. The lowest BCUT2D eigenvalue weighted by atomic mass is 10.1. The highest BCUT2D eigenvalue weighted by Gasteiger charge is 2.09. The molecule has 0 aliphatic heterocycles. The SMILES string of the molecule is CCCc1nc(Cn2ccc(C(CC)NCC)c2)cs1. The second-order valence-electron chi connectivity index (χ2n) is 5.12. The van der Waals surface area contributed by atoms with Gasteiger partial charge in [-0.05, 0) is 37.4 Å². The molecule has 0 saturated carbocycles. The normalized spacial score (nSPS) is 12.8. The molecule has 0 bridgehead atoms. The van der Waals surface area contributed by atoms with Gasteiger partial charge >= 0.3 is 0 Å². The number of thiazole rings is 1. The molecule has 110 valence electrons. The molecule has 2 rings (SSSR count). The summed E-state index contributed by atoms with van der Waals surface area (Å²) >= 11 is 1.78. The fraction of sp³-hybridized carbons (Fsp3) is 0.562. The van der Waals surface area contributed by atoms with E-state index >= 15 is 0 Å². The standard InChI is InChI=1S/C16H25N3S/c1-4-7-16-18-14(12-20-16)11-19-9-8-13(10-19)15(5-2)17-6-3/h8-10,12,15,17H,4-7,11H2,1-3H3. The topological polar surface area (TPSA) is 29.9 Å². The summed E-state index contributed by atoms with van der Waals surface area (Å²) in [5, 5.41) is 6.96. The van der Waals surface area contributed by atoms with Crippen LogP contribution in [0, 0.1) is 0 Å². The van der Waals surface area contributed by atoms with Gasteiger partial charge in [0.05, 0.1) is 17.2 Å². The van der Waals surface area contributed by atoms with Gasteiger partial charge in [0, 0.05) is 23.8 Å². The van der Waals surface area contributed by atoms with E-state index in [1.165, 1.54) is 22.7 Å². The molecule has 2 heterocycles. The predicted octanol–water partition coefficient (Wildman–Crippen LogP) is 4.01. The van der Waals surface area contributed by atoms with E-state index < -0.39 is 0 Å². The van der Waals surface area contributed by atoms with Crippen LogP contribution in [0.3, 0.4) is 0 Å². The summed E-state index contributed by atoms with van der Waals surface area (Å²) in [4.78, 5) is 4.69. The Kier molecular flexibility index (Phi) is 5.80. The molecule has 1 atom stereocenters. The molecule has 0 spiro atoms. The Morgan fingerprint density at radius 2 is 2.20 bits per heavy atom. The zero-order valence-corrected chi connectivity index (χ0v) is 13.5. The van der Waals surface area contributed by atoms with Crippen molar-refractivity contribution in [2.75, 3.05) is 6.54 Å². The molecule has 0 saturated heterocycles. The van der Waals surface area contributed by atoms with E-state index in [1.807, 2.05) is 0 Å². The number of nitrogens with one attached hydrogen (secondary N) is 1. The molecule has 3 nitrogen and oxygen atoms in total. The first-order chi connectivity index (χ1) is 9.76. The van der Waals surface area contributed by atoms with Gasteiger partial charge in [0.15, 0.2) is 0 Å². The van der Waals surface area contributed by atoms with Gasteiger partial charge in [0.2, 0.25) is 0 Å². The zero-order valence-electron chi connectivity index (χ0n) is 12.7. The summed E-state index contributed by atoms with van der Waals surface area (Å²) in [5.74, 6) is 0. The minimum Gasteiger partial charge on any atom is -0.348 e. The number of hydrogen-bond acceptors (Lipinski definition) is 3. The van der Waals surface area contributed by atoms with Crippen LogP contribution in [0.1, 0.15) is 55.9 Å². The third kappa shape index (κ3) is 3.93. The number of aryl methyl sites for hydroxylation is 1. The average Bonchev–Trinajstić information content (AvgIpc) is 3.07. The van der Waals surface area contributed by atoms with Crippen molar-refractivity contribution in [3.05, 3.63) is 40.1 Å². The van der Waals surface area contributed by atoms with Crippen LogP contribution >= 0.6 is 11.3 Å². The van der Waals surface area contributed by atoms with E-state index in [1.54, 1.807) is 11.3 Å². The molecular formula is C16H25N3S. The van der Waals surface area contributed by atoms with Crippen molar-refractivity contribution in [1.82, 2.24) is 14.9 Å². The lowest BCUT2D eigenvalue weighted by Crippen LogP contribution is -2.19. The van der Waals surface area contributed by atoms with Crippen molar-refractivity contribution >= 4 is 11.3 Å². The molecule has 20 heavy (non-hydrogen) atoms. The third-order valence-electron chi connectivity index (χ3n) is 3.44. The van der Waals surface area contributed by atoms with Crippen LogP contribution < -0.4 is 5.32 Å². The van der Waals surface area contributed by atoms with Crippen molar-refractivity contribution in [1.29, 1.82) is 0 Å². The molecule has 2 aromatic heterocycles. The van der Waals surface area contributed by atoms with Gasteiger partial charge in [-0.25, -0.2) is 4.98 Å². The molecule has 0 amide bonds. The van der Waals surface area contributed by atoms with Crippen molar-refractivity contribution in [3.63, 3.8) is 0 Å². The van der Waals surface area contributed by atoms with Crippen LogP contribution in [-0.2, 0) is 13.0 Å². The minimum atomic E-state index is 0.465. The summed E-state index contributed by atoms with van der Waals surface area (Å²) in [5.41, 5.74) is 2.55. The number of rotatable bonds is 8. The zero-order chi connectivity index (χ0) is 14.4. The number of hydrogen-bond donors (Lipinski definition) is 1. The van der Waals surface area contributed by atoms with Crippen LogP contribution in [0.15, 0.2) is 23.8 Å². The summed E-state index contributed by atoms with van der Waals surface area (Å²) in [7, 11) is 0. The molecule has 0 aromatic carbocycles. The van der Waals surface area contributed by atoms with Gasteiger partial charge in [-0.2, -0.15) is 0 Å². The van der Waals surface area contributed by atoms with Crippen LogP contribution in [0.25, 0.3) is 0 Å². The molecule has 1 unspecified atom stereocenters. The van der Waals surface area contributed by atoms with Gasteiger partial charge in [0.25, 0.3) is 0 Å². The first kappa shape index (κ1) is 15.3. The van der Waals surface area contributed by atoms with Crippen molar-refractivity contribution in [3.8, 4) is 0 Å². The van der Waals surface area contributed by atoms with E-state index in [2.05, 4.69) is 59.5 Å². The second kappa shape index (κ2) is 7.60. The Hall–Kier alpha value is -1.13. The van der Waals surface area contributed by atoms with Crippen LogP contribution in [-0.4, -0.2) is 16.1 Å². The molecule has 0 fully saturated rings. The highest BCUT2D eigenvalue weighted by atomic mass is 32.1. The highest BCUT2D eigenvalue weighted by molar-refractivity contribution is 7.09. The molecular weight excluding hydrogens is 266 g/mol. The minimum absolute atomic E-state index is 0.465. The van der Waals surface area contributed by atoms with Crippen LogP contribution in [0.4, 0.5) is 0 Å². The Morgan fingerprint density at radius 1 is 1.35 bits per heavy atom. The maximum absolute atomic E-state index is 4.69. The lowest BCUT2D eigenvalue weighted by molar-refractivity contribution is 0.536. The quantitative estimate of drug-likeness (QED) is 0.796. The van der Waals surface area contributed by atoms with E-state index in [-0.39, 0.29) is 0 Å². The van der Waals surface area contributed by atoms with E-state index in [4.69, 9.17) is 0 Å². The largest absolute Gasteiger partial charge is 0.348 e. The Morgan fingerprint density at radius 3 is 2.90 bits per heavy atom. The summed E-state index contributed by atoms with van der Waals surface area (Å²) < 4.78 is 2.24. The summed E-state index contributed by atoms with van der Waals surface area (Å²) in [6.07, 6.45) is 7.79. The third-order valence-corrected chi connectivity index (χ3v) is 4.40.